The highest BCUT2D eigenvalue weighted by Crippen LogP contribution is 2.32. The number of fused-ring (bicyclic) bond motifs is 1. The summed E-state index contributed by atoms with van der Waals surface area (Å²) < 4.78 is 5.27. The number of ether oxygens (including phenoxy) is 1. The number of carbonyl (C=O) groups excluding carboxylic acids is 4. The predicted molar refractivity (Wildman–Crippen MR) is 137 cm³/mol. The van der Waals surface area contributed by atoms with Crippen LogP contribution in [0.4, 0.5) is 5.69 Å². The van der Waals surface area contributed by atoms with E-state index in [0.717, 1.165) is 22.3 Å². The summed E-state index contributed by atoms with van der Waals surface area (Å²) in [5.74, 6) is -1.74. The Morgan fingerprint density at radius 1 is 0.757 bits per heavy atom. The van der Waals surface area contributed by atoms with Gasteiger partial charge in [0.25, 0.3) is 17.7 Å². The van der Waals surface area contributed by atoms with Crippen LogP contribution in [0.15, 0.2) is 84.9 Å². The van der Waals surface area contributed by atoms with Gasteiger partial charge in [-0.2, -0.15) is 0 Å². The van der Waals surface area contributed by atoms with Crippen LogP contribution < -0.4 is 4.90 Å². The van der Waals surface area contributed by atoms with E-state index in [1.807, 2.05) is 30.3 Å². The van der Waals surface area contributed by atoms with E-state index in [2.05, 4.69) is 6.07 Å². The third-order valence-electron chi connectivity index (χ3n) is 6.94. The first kappa shape index (κ1) is 22.7. The van der Waals surface area contributed by atoms with Crippen LogP contribution in [0.5, 0.6) is 0 Å². The lowest BCUT2D eigenvalue weighted by atomic mass is 9.94. The Hall–Kier alpha value is -4.78. The fraction of sp³-hybridized carbons (Fsp3) is 0.133. The molecule has 0 saturated carbocycles. The largest absolute Gasteiger partial charge is 0.452 e. The molecule has 0 bridgehead atoms. The van der Waals surface area contributed by atoms with Gasteiger partial charge in [0.1, 0.15) is 0 Å². The normalized spacial score (nSPS) is 14.5. The zero-order chi connectivity index (χ0) is 25.5. The average Bonchev–Trinajstić information content (AvgIpc) is 2.94. The molecule has 6 rings (SSSR count). The van der Waals surface area contributed by atoms with Crippen LogP contribution in [0, 0.1) is 0 Å². The molecule has 0 unspecified atom stereocenters. The minimum Gasteiger partial charge on any atom is -0.452 e. The Balaban J connectivity index is 1.14. The molecule has 4 aromatic carbocycles. The van der Waals surface area contributed by atoms with Crippen molar-refractivity contribution < 1.29 is 23.9 Å². The second kappa shape index (κ2) is 9.02. The standard InChI is InChI=1S/C30H22N2O5/c33-26(31-16-15-19-5-1-2-6-22(19)17-31)18-37-30(36)21-11-13-23(14-12-21)32-28(34)24-9-3-7-20-8-4-10-25(27(20)24)29(32)35/h1-14H,15-18H2. The van der Waals surface area contributed by atoms with Crippen LogP contribution >= 0.6 is 0 Å². The van der Waals surface area contributed by atoms with Gasteiger partial charge in [-0.05, 0) is 59.3 Å². The summed E-state index contributed by atoms with van der Waals surface area (Å²) in [5.41, 5.74) is 3.81. The number of nitrogens with zero attached hydrogens (tertiary/aromatic N) is 2. The first-order valence-electron chi connectivity index (χ1n) is 12.0. The molecule has 4 aromatic rings. The van der Waals surface area contributed by atoms with E-state index < -0.39 is 17.8 Å². The summed E-state index contributed by atoms with van der Waals surface area (Å²) in [4.78, 5) is 54.4. The number of rotatable bonds is 4. The van der Waals surface area contributed by atoms with Crippen LogP contribution in [-0.4, -0.2) is 41.7 Å². The van der Waals surface area contributed by atoms with Crippen molar-refractivity contribution in [2.45, 2.75) is 13.0 Å². The number of carbonyl (C=O) groups is 4. The second-order valence-corrected chi connectivity index (χ2v) is 9.11. The van der Waals surface area contributed by atoms with Crippen LogP contribution in [0.3, 0.4) is 0 Å². The van der Waals surface area contributed by atoms with Crippen molar-refractivity contribution in [3.63, 3.8) is 0 Å². The van der Waals surface area contributed by atoms with Crippen molar-refractivity contribution in [3.8, 4) is 0 Å². The molecule has 2 aliphatic rings. The number of anilines is 1. The molecule has 2 heterocycles. The Kier molecular flexibility index (Phi) is 5.53. The molecule has 7 heteroatoms. The zero-order valence-corrected chi connectivity index (χ0v) is 19.8. The van der Waals surface area contributed by atoms with Gasteiger partial charge in [0, 0.05) is 29.6 Å². The van der Waals surface area contributed by atoms with Gasteiger partial charge in [0.2, 0.25) is 0 Å². The van der Waals surface area contributed by atoms with Crippen LogP contribution in [-0.2, 0) is 22.5 Å². The topological polar surface area (TPSA) is 84.0 Å². The maximum atomic E-state index is 13.2. The molecule has 0 radical (unpaired) electrons. The van der Waals surface area contributed by atoms with Gasteiger partial charge >= 0.3 is 5.97 Å². The summed E-state index contributed by atoms with van der Waals surface area (Å²) in [6, 6.07) is 24.8. The maximum Gasteiger partial charge on any atom is 0.338 e. The Labute approximate surface area is 212 Å². The molecule has 0 spiro atoms. The van der Waals surface area contributed by atoms with E-state index in [9.17, 15) is 19.2 Å². The maximum absolute atomic E-state index is 13.2. The van der Waals surface area contributed by atoms with E-state index >= 15 is 0 Å². The van der Waals surface area contributed by atoms with Crippen LogP contribution in [0.1, 0.15) is 42.2 Å². The second-order valence-electron chi connectivity index (χ2n) is 9.11. The Bertz CT molecular complexity index is 1540. The van der Waals surface area contributed by atoms with Gasteiger partial charge in [0.05, 0.1) is 11.3 Å². The summed E-state index contributed by atoms with van der Waals surface area (Å²) in [6.07, 6.45) is 0.768. The fourth-order valence-corrected chi connectivity index (χ4v) is 5.02. The van der Waals surface area contributed by atoms with Crippen molar-refractivity contribution >= 4 is 40.2 Å². The molecule has 3 amide bonds. The highest BCUT2D eigenvalue weighted by Gasteiger charge is 2.34. The molecule has 7 nitrogen and oxygen atoms in total. The highest BCUT2D eigenvalue weighted by molar-refractivity contribution is 6.35. The van der Waals surface area contributed by atoms with Gasteiger partial charge in [-0.25, -0.2) is 9.69 Å². The summed E-state index contributed by atoms with van der Waals surface area (Å²) in [7, 11) is 0. The lowest BCUT2D eigenvalue weighted by molar-refractivity contribution is -0.135. The first-order chi connectivity index (χ1) is 18.0. The van der Waals surface area contributed by atoms with Gasteiger partial charge in [0.15, 0.2) is 6.61 Å². The van der Waals surface area contributed by atoms with Crippen molar-refractivity contribution in [3.05, 3.63) is 113 Å². The minimum absolute atomic E-state index is 0.222. The van der Waals surface area contributed by atoms with Crippen molar-refractivity contribution in [1.82, 2.24) is 4.90 Å². The number of hydrogen-bond donors (Lipinski definition) is 0. The number of benzene rings is 4. The number of imide groups is 1. The molecule has 0 aromatic heterocycles. The smallest absolute Gasteiger partial charge is 0.338 e. The quantitative estimate of drug-likeness (QED) is 0.313. The third kappa shape index (κ3) is 3.94. The summed E-state index contributed by atoms with van der Waals surface area (Å²) >= 11 is 0. The zero-order valence-electron chi connectivity index (χ0n) is 19.8. The molecule has 182 valence electrons. The molecule has 0 N–H and O–H groups in total. The van der Waals surface area contributed by atoms with Crippen LogP contribution in [0.2, 0.25) is 0 Å². The highest BCUT2D eigenvalue weighted by atomic mass is 16.5. The molecule has 0 saturated heterocycles. The summed E-state index contributed by atoms with van der Waals surface area (Å²) in [5, 5.41) is 1.48. The van der Waals surface area contributed by atoms with Gasteiger partial charge in [-0.3, -0.25) is 14.4 Å². The molecule has 0 fully saturated rings. The molecule has 0 aliphatic carbocycles. The number of hydrogen-bond acceptors (Lipinski definition) is 5. The SMILES string of the molecule is O=C(OCC(=O)N1CCc2ccccc2C1)c1ccc(N2C(=O)c3cccc4cccc(c34)C2=O)cc1. The van der Waals surface area contributed by atoms with E-state index in [0.29, 0.717) is 35.3 Å². The molecule has 2 aliphatic heterocycles. The molecule has 37 heavy (non-hydrogen) atoms. The fourth-order valence-electron chi connectivity index (χ4n) is 5.02. The predicted octanol–water partition coefficient (Wildman–Crippen LogP) is 4.38. The van der Waals surface area contributed by atoms with Gasteiger partial charge in [-0.15, -0.1) is 0 Å². The Morgan fingerprint density at radius 3 is 2.08 bits per heavy atom. The van der Waals surface area contributed by atoms with Gasteiger partial charge in [-0.1, -0.05) is 48.5 Å². The van der Waals surface area contributed by atoms with Gasteiger partial charge < -0.3 is 9.64 Å². The molecule has 0 atom stereocenters. The first-order valence-corrected chi connectivity index (χ1v) is 12.0. The third-order valence-corrected chi connectivity index (χ3v) is 6.94. The Morgan fingerprint density at radius 2 is 1.41 bits per heavy atom. The van der Waals surface area contributed by atoms with E-state index in [-0.39, 0.29) is 18.1 Å². The monoisotopic (exact) mass is 490 g/mol. The lowest BCUT2D eigenvalue weighted by Crippen LogP contribution is -2.40. The summed E-state index contributed by atoms with van der Waals surface area (Å²) in [6.45, 7) is 0.722. The van der Waals surface area contributed by atoms with E-state index in [4.69, 9.17) is 4.74 Å². The lowest BCUT2D eigenvalue weighted by Gasteiger charge is -2.28. The van der Waals surface area contributed by atoms with E-state index in [1.165, 1.54) is 29.8 Å². The number of esters is 1. The van der Waals surface area contributed by atoms with Crippen molar-refractivity contribution in [2.75, 3.05) is 18.1 Å². The van der Waals surface area contributed by atoms with Crippen LogP contribution in [0.25, 0.3) is 10.8 Å². The average molecular weight is 491 g/mol. The van der Waals surface area contributed by atoms with Crippen molar-refractivity contribution in [2.24, 2.45) is 0 Å². The molecular formula is C30H22N2O5. The van der Waals surface area contributed by atoms with E-state index in [1.54, 1.807) is 29.2 Å². The van der Waals surface area contributed by atoms with Crippen molar-refractivity contribution in [1.29, 1.82) is 0 Å². The molecular weight excluding hydrogens is 468 g/mol. The number of amides is 3. The minimum atomic E-state index is -0.649.